The van der Waals surface area contributed by atoms with Gasteiger partial charge in [-0.15, -0.1) is 0 Å². The monoisotopic (exact) mass is 550 g/mol. The molecule has 4 aromatic carbocycles. The van der Waals surface area contributed by atoms with Crippen LogP contribution >= 0.6 is 11.6 Å². The molecule has 9 heteroatoms. The summed E-state index contributed by atoms with van der Waals surface area (Å²) in [5, 5.41) is 3.26. The molecule has 0 aliphatic carbocycles. The number of benzene rings is 4. The molecule has 0 saturated carbocycles. The summed E-state index contributed by atoms with van der Waals surface area (Å²) < 4.78 is 39.3. The smallest absolute Gasteiger partial charge is 0.243 e. The first-order valence-corrected chi connectivity index (χ1v) is 13.6. The Labute approximate surface area is 227 Å². The zero-order chi connectivity index (χ0) is 27.1. The molecule has 0 heterocycles. The molecule has 4 rings (SSSR count). The van der Waals surface area contributed by atoms with Gasteiger partial charge in [0, 0.05) is 18.5 Å². The maximum absolute atomic E-state index is 13.4. The number of methoxy groups -OCH3 is 1. The Balaban J connectivity index is 1.62. The third-order valence-electron chi connectivity index (χ3n) is 5.93. The second-order valence-electron chi connectivity index (χ2n) is 8.43. The molecule has 1 atom stereocenters. The number of sulfonamides is 1. The van der Waals surface area contributed by atoms with E-state index in [0.29, 0.717) is 33.5 Å². The fraction of sp³-hybridized carbons (Fsp3) is 0.138. The molecular weight excluding hydrogens is 524 g/mol. The molecule has 0 saturated heterocycles. The molecule has 0 aromatic heterocycles. The number of carbonyl (C=O) groups excluding carboxylic acids is 1. The van der Waals surface area contributed by atoms with Crippen molar-refractivity contribution in [2.75, 3.05) is 19.5 Å². The second-order valence-corrected chi connectivity index (χ2v) is 10.9. The van der Waals surface area contributed by atoms with Crippen LogP contribution in [0.3, 0.4) is 0 Å². The van der Waals surface area contributed by atoms with Gasteiger partial charge in [-0.2, -0.15) is 4.31 Å². The van der Waals surface area contributed by atoms with Crippen LogP contribution < -0.4 is 14.8 Å². The van der Waals surface area contributed by atoms with Crippen LogP contribution in [0.5, 0.6) is 17.2 Å². The van der Waals surface area contributed by atoms with Crippen LogP contribution in [0.2, 0.25) is 5.02 Å². The van der Waals surface area contributed by atoms with Gasteiger partial charge < -0.3 is 14.8 Å². The Morgan fingerprint density at radius 3 is 2.16 bits per heavy atom. The van der Waals surface area contributed by atoms with Gasteiger partial charge in [-0.05, 0) is 60.2 Å². The zero-order valence-corrected chi connectivity index (χ0v) is 22.4. The number of nitrogens with zero attached hydrogens (tertiary/aromatic N) is 1. The average molecular weight is 551 g/mol. The van der Waals surface area contributed by atoms with Gasteiger partial charge in [0.25, 0.3) is 0 Å². The molecule has 0 radical (unpaired) electrons. The highest BCUT2D eigenvalue weighted by Crippen LogP contribution is 2.34. The first-order valence-electron chi connectivity index (χ1n) is 11.8. The predicted molar refractivity (Wildman–Crippen MR) is 148 cm³/mol. The first kappa shape index (κ1) is 27.2. The molecule has 0 spiro atoms. The minimum atomic E-state index is -3.90. The molecule has 0 aliphatic rings. The van der Waals surface area contributed by atoms with Crippen LogP contribution in [0, 0.1) is 0 Å². The van der Waals surface area contributed by atoms with E-state index < -0.39 is 22.0 Å². The summed E-state index contributed by atoms with van der Waals surface area (Å²) in [6.45, 7) is 0. The lowest BCUT2D eigenvalue weighted by molar-refractivity contribution is -0.117. The van der Waals surface area contributed by atoms with Crippen LogP contribution in [0.1, 0.15) is 18.0 Å². The van der Waals surface area contributed by atoms with Gasteiger partial charge in [0.1, 0.15) is 11.5 Å². The van der Waals surface area contributed by atoms with Crippen LogP contribution in [0.25, 0.3) is 0 Å². The van der Waals surface area contributed by atoms with Gasteiger partial charge in [0.15, 0.2) is 5.75 Å². The van der Waals surface area contributed by atoms with Crippen molar-refractivity contribution in [1.82, 2.24) is 4.31 Å². The van der Waals surface area contributed by atoms with E-state index in [2.05, 4.69) is 5.32 Å². The molecule has 196 valence electrons. The van der Waals surface area contributed by atoms with Crippen LogP contribution in [0.4, 0.5) is 5.69 Å². The molecule has 38 heavy (non-hydrogen) atoms. The highest BCUT2D eigenvalue weighted by Gasteiger charge is 2.31. The van der Waals surface area contributed by atoms with E-state index in [4.69, 9.17) is 21.1 Å². The molecule has 7 nitrogen and oxygen atoms in total. The van der Waals surface area contributed by atoms with Gasteiger partial charge in [-0.1, -0.05) is 60.1 Å². The van der Waals surface area contributed by atoms with E-state index in [0.717, 1.165) is 0 Å². The lowest BCUT2D eigenvalue weighted by Crippen LogP contribution is -2.33. The van der Waals surface area contributed by atoms with E-state index in [1.807, 2.05) is 18.2 Å². The molecule has 0 bridgehead atoms. The van der Waals surface area contributed by atoms with Crippen molar-refractivity contribution in [2.24, 2.45) is 0 Å². The lowest BCUT2D eigenvalue weighted by Gasteiger charge is -2.28. The Bertz CT molecular complexity index is 1480. The summed E-state index contributed by atoms with van der Waals surface area (Å²) in [7, 11) is -0.886. The van der Waals surface area contributed by atoms with Gasteiger partial charge in [-0.3, -0.25) is 4.79 Å². The van der Waals surface area contributed by atoms with E-state index in [1.165, 1.54) is 23.5 Å². The van der Waals surface area contributed by atoms with Crippen molar-refractivity contribution < 1.29 is 22.7 Å². The minimum absolute atomic E-state index is 0.134. The van der Waals surface area contributed by atoms with Crippen molar-refractivity contribution in [3.05, 3.63) is 114 Å². The fourth-order valence-corrected chi connectivity index (χ4v) is 5.43. The number of halogens is 1. The van der Waals surface area contributed by atoms with E-state index >= 15 is 0 Å². The third kappa shape index (κ3) is 6.52. The number of anilines is 1. The summed E-state index contributed by atoms with van der Waals surface area (Å²) in [6.07, 6.45) is -0.161. The van der Waals surface area contributed by atoms with Crippen molar-refractivity contribution in [3.63, 3.8) is 0 Å². The van der Waals surface area contributed by atoms with E-state index in [1.54, 1.807) is 79.9 Å². The summed E-state index contributed by atoms with van der Waals surface area (Å²) in [6, 6.07) is 28.3. The Morgan fingerprint density at radius 1 is 0.895 bits per heavy atom. The number of rotatable bonds is 10. The van der Waals surface area contributed by atoms with E-state index in [9.17, 15) is 13.2 Å². The standard InChI is InChI=1S/C29H27ClN2O5S/c1-32(38(34,35)25-11-7-4-8-12-25)27(21-13-16-23(36-2)17-14-21)20-29(33)31-26-19-22(30)15-18-28(26)37-24-9-5-3-6-10-24/h3-19,27H,20H2,1-2H3,(H,31,33)/t27-/m1/s1. The second kappa shape index (κ2) is 12.1. The normalized spacial score (nSPS) is 12.1. The highest BCUT2D eigenvalue weighted by molar-refractivity contribution is 7.89. The number of nitrogens with one attached hydrogen (secondary N) is 1. The first-order chi connectivity index (χ1) is 18.3. The Hall–Kier alpha value is -3.85. The van der Waals surface area contributed by atoms with Crippen molar-refractivity contribution in [3.8, 4) is 17.2 Å². The molecule has 1 amide bonds. The number of hydrogen-bond acceptors (Lipinski definition) is 5. The lowest BCUT2D eigenvalue weighted by atomic mass is 10.0. The molecule has 4 aromatic rings. The maximum Gasteiger partial charge on any atom is 0.243 e. The van der Waals surface area contributed by atoms with E-state index in [-0.39, 0.29) is 11.3 Å². The topological polar surface area (TPSA) is 84.9 Å². The quantitative estimate of drug-likeness (QED) is 0.242. The summed E-state index contributed by atoms with van der Waals surface area (Å²) >= 11 is 6.21. The summed E-state index contributed by atoms with van der Waals surface area (Å²) in [5.74, 6) is 1.20. The van der Waals surface area contributed by atoms with Gasteiger partial charge in [0.05, 0.1) is 23.7 Å². The molecule has 0 aliphatic heterocycles. The Morgan fingerprint density at radius 2 is 1.53 bits per heavy atom. The molecule has 1 N–H and O–H groups in total. The third-order valence-corrected chi connectivity index (χ3v) is 8.04. The fourth-order valence-electron chi connectivity index (χ4n) is 3.89. The van der Waals surface area contributed by atoms with Gasteiger partial charge in [0.2, 0.25) is 15.9 Å². The largest absolute Gasteiger partial charge is 0.497 e. The number of carbonyl (C=O) groups is 1. The van der Waals surface area contributed by atoms with Crippen LogP contribution in [-0.4, -0.2) is 32.8 Å². The van der Waals surface area contributed by atoms with Crippen LogP contribution in [-0.2, 0) is 14.8 Å². The number of hydrogen-bond donors (Lipinski definition) is 1. The summed E-state index contributed by atoms with van der Waals surface area (Å²) in [5.41, 5.74) is 1.00. The maximum atomic E-state index is 13.4. The zero-order valence-electron chi connectivity index (χ0n) is 20.9. The van der Waals surface area contributed by atoms with Crippen molar-refractivity contribution in [1.29, 1.82) is 0 Å². The highest BCUT2D eigenvalue weighted by atomic mass is 35.5. The molecule has 0 unspecified atom stereocenters. The number of ether oxygens (including phenoxy) is 2. The summed E-state index contributed by atoms with van der Waals surface area (Å²) in [4.78, 5) is 13.5. The Kier molecular flexibility index (Phi) is 8.68. The molecular formula is C29H27ClN2O5S. The van der Waals surface area contributed by atoms with Gasteiger partial charge >= 0.3 is 0 Å². The predicted octanol–water partition coefficient (Wildman–Crippen LogP) is 6.53. The average Bonchev–Trinajstić information content (AvgIpc) is 2.94. The van der Waals surface area contributed by atoms with Gasteiger partial charge in [-0.25, -0.2) is 8.42 Å². The number of para-hydroxylation sites is 1. The molecule has 0 fully saturated rings. The minimum Gasteiger partial charge on any atom is -0.497 e. The van der Waals surface area contributed by atoms with Crippen molar-refractivity contribution in [2.45, 2.75) is 17.4 Å². The number of amides is 1. The van der Waals surface area contributed by atoms with Crippen LogP contribution in [0.15, 0.2) is 108 Å². The van der Waals surface area contributed by atoms with Crippen molar-refractivity contribution >= 4 is 33.2 Å². The SMILES string of the molecule is COc1ccc([C@@H](CC(=O)Nc2cc(Cl)ccc2Oc2ccccc2)N(C)S(=O)(=O)c2ccccc2)cc1.